The Balaban J connectivity index is 1.99. The number of carbonyl (C=O) groups is 1. The summed E-state index contributed by atoms with van der Waals surface area (Å²) >= 11 is 0. The van der Waals surface area contributed by atoms with Crippen LogP contribution < -0.4 is 10.9 Å². The molecule has 1 N–H and O–H groups in total. The number of aryl methyl sites for hydroxylation is 1. The fraction of sp³-hybridized carbons (Fsp3) is 0.136. The quantitative estimate of drug-likeness (QED) is 0.525. The molecule has 2 heterocycles. The SMILES string of the molecule is CCn1nc(-c2ccccc2)c(C(C)=O)c(Nc2ncnc3ccccc23)c1=O. The van der Waals surface area contributed by atoms with Crippen LogP contribution >= 0.6 is 0 Å². The molecule has 144 valence electrons. The molecule has 0 aliphatic rings. The van der Waals surface area contributed by atoms with Gasteiger partial charge in [0.05, 0.1) is 11.1 Å². The van der Waals surface area contributed by atoms with Crippen LogP contribution in [0.15, 0.2) is 65.7 Å². The highest BCUT2D eigenvalue weighted by Crippen LogP contribution is 2.29. The first-order valence-electron chi connectivity index (χ1n) is 9.28. The molecular weight excluding hydrogens is 366 g/mol. The summed E-state index contributed by atoms with van der Waals surface area (Å²) in [5.41, 5.74) is 1.99. The van der Waals surface area contributed by atoms with Gasteiger partial charge in [-0.05, 0) is 26.0 Å². The van der Waals surface area contributed by atoms with Gasteiger partial charge in [0.2, 0.25) is 0 Å². The lowest BCUT2D eigenvalue weighted by Crippen LogP contribution is -2.28. The Morgan fingerprint density at radius 3 is 2.48 bits per heavy atom. The molecule has 0 fully saturated rings. The van der Waals surface area contributed by atoms with Gasteiger partial charge >= 0.3 is 0 Å². The van der Waals surface area contributed by atoms with Gasteiger partial charge in [0.25, 0.3) is 5.56 Å². The van der Waals surface area contributed by atoms with E-state index in [1.807, 2.05) is 61.5 Å². The summed E-state index contributed by atoms with van der Waals surface area (Å²) in [4.78, 5) is 34.2. The number of anilines is 2. The average molecular weight is 385 g/mol. The van der Waals surface area contributed by atoms with E-state index >= 15 is 0 Å². The van der Waals surface area contributed by atoms with Gasteiger partial charge < -0.3 is 5.32 Å². The third kappa shape index (κ3) is 3.38. The maximum Gasteiger partial charge on any atom is 0.291 e. The Bertz CT molecular complexity index is 1260. The van der Waals surface area contributed by atoms with Crippen molar-refractivity contribution in [3.05, 3.63) is 76.8 Å². The first-order valence-corrected chi connectivity index (χ1v) is 9.28. The Kier molecular flexibility index (Phi) is 4.87. The summed E-state index contributed by atoms with van der Waals surface area (Å²) in [5.74, 6) is 0.209. The van der Waals surface area contributed by atoms with Crippen molar-refractivity contribution < 1.29 is 4.79 Å². The van der Waals surface area contributed by atoms with E-state index < -0.39 is 0 Å². The predicted octanol–water partition coefficient (Wildman–Crippen LogP) is 3.82. The van der Waals surface area contributed by atoms with Gasteiger partial charge in [-0.2, -0.15) is 5.10 Å². The minimum atomic E-state index is -0.375. The van der Waals surface area contributed by atoms with Crippen molar-refractivity contribution in [1.82, 2.24) is 19.7 Å². The molecule has 0 bridgehead atoms. The molecule has 0 atom stereocenters. The molecule has 0 saturated heterocycles. The van der Waals surface area contributed by atoms with Crippen LogP contribution in [-0.2, 0) is 6.54 Å². The summed E-state index contributed by atoms with van der Waals surface area (Å²) in [6, 6.07) is 16.8. The van der Waals surface area contributed by atoms with Gasteiger partial charge in [-0.15, -0.1) is 0 Å². The van der Waals surface area contributed by atoms with Crippen LogP contribution in [-0.4, -0.2) is 25.5 Å². The molecule has 0 amide bonds. The molecule has 0 aliphatic heterocycles. The third-order valence-corrected chi connectivity index (χ3v) is 4.64. The number of benzene rings is 2. The molecule has 2 aromatic carbocycles. The zero-order valence-corrected chi connectivity index (χ0v) is 16.1. The summed E-state index contributed by atoms with van der Waals surface area (Å²) in [5, 5.41) is 8.32. The zero-order valence-electron chi connectivity index (χ0n) is 16.1. The largest absolute Gasteiger partial charge is 0.334 e. The van der Waals surface area contributed by atoms with Crippen molar-refractivity contribution in [3.8, 4) is 11.3 Å². The molecule has 0 spiro atoms. The van der Waals surface area contributed by atoms with Crippen LogP contribution in [0.1, 0.15) is 24.2 Å². The van der Waals surface area contributed by atoms with E-state index in [0.29, 0.717) is 18.1 Å². The van der Waals surface area contributed by atoms with E-state index in [-0.39, 0.29) is 22.6 Å². The first kappa shape index (κ1) is 18.5. The van der Waals surface area contributed by atoms with Gasteiger partial charge in [-0.3, -0.25) is 9.59 Å². The van der Waals surface area contributed by atoms with Crippen LogP contribution in [0.4, 0.5) is 11.5 Å². The number of ketones is 1. The number of hydrogen-bond donors (Lipinski definition) is 1. The Morgan fingerprint density at radius 1 is 1.03 bits per heavy atom. The average Bonchev–Trinajstić information content (AvgIpc) is 2.75. The van der Waals surface area contributed by atoms with E-state index in [1.165, 1.54) is 17.9 Å². The molecule has 7 heteroatoms. The molecule has 2 aromatic heterocycles. The van der Waals surface area contributed by atoms with Crippen molar-refractivity contribution in [2.45, 2.75) is 20.4 Å². The van der Waals surface area contributed by atoms with Crippen molar-refractivity contribution in [1.29, 1.82) is 0 Å². The number of para-hydroxylation sites is 1. The number of Topliss-reactive ketones (excluding diaryl/α,β-unsaturated/α-hetero) is 1. The van der Waals surface area contributed by atoms with Crippen molar-refractivity contribution in [2.24, 2.45) is 0 Å². The van der Waals surface area contributed by atoms with Gasteiger partial charge in [0.15, 0.2) is 5.78 Å². The number of carbonyl (C=O) groups excluding carboxylic acids is 1. The summed E-state index contributed by atoms with van der Waals surface area (Å²) < 4.78 is 1.35. The van der Waals surface area contributed by atoms with Crippen LogP contribution in [0, 0.1) is 0 Å². The van der Waals surface area contributed by atoms with Gasteiger partial charge in [-0.1, -0.05) is 42.5 Å². The first-order chi connectivity index (χ1) is 14.1. The highest BCUT2D eigenvalue weighted by Gasteiger charge is 2.22. The number of nitrogens with one attached hydrogen (secondary N) is 1. The van der Waals surface area contributed by atoms with E-state index in [1.54, 1.807) is 0 Å². The lowest BCUT2D eigenvalue weighted by atomic mass is 10.0. The number of rotatable bonds is 5. The van der Waals surface area contributed by atoms with E-state index in [9.17, 15) is 9.59 Å². The Labute approximate surface area is 167 Å². The third-order valence-electron chi connectivity index (χ3n) is 4.64. The minimum absolute atomic E-state index is 0.164. The number of fused-ring (bicyclic) bond motifs is 1. The predicted molar refractivity (Wildman–Crippen MR) is 112 cm³/mol. The van der Waals surface area contributed by atoms with Crippen LogP contribution in [0.3, 0.4) is 0 Å². The standard InChI is InChI=1S/C22H19N5O2/c1-3-27-22(29)20(25-21-16-11-7-8-12-17(16)23-13-24-21)18(14(2)28)19(26-27)15-9-5-4-6-10-15/h4-13H,3H2,1-2H3,(H,23,24,25). The lowest BCUT2D eigenvalue weighted by Gasteiger charge is -2.16. The fourth-order valence-electron chi connectivity index (χ4n) is 3.26. The number of hydrogen-bond acceptors (Lipinski definition) is 6. The zero-order chi connectivity index (χ0) is 20.4. The number of aromatic nitrogens is 4. The van der Waals surface area contributed by atoms with E-state index in [2.05, 4.69) is 20.4 Å². The summed E-state index contributed by atoms with van der Waals surface area (Å²) in [7, 11) is 0. The highest BCUT2D eigenvalue weighted by molar-refractivity contribution is 6.06. The molecule has 0 unspecified atom stereocenters. The molecule has 0 radical (unpaired) electrons. The molecule has 0 saturated carbocycles. The second-order valence-electron chi connectivity index (χ2n) is 6.51. The summed E-state index contributed by atoms with van der Waals surface area (Å²) in [6.45, 7) is 3.64. The van der Waals surface area contributed by atoms with Crippen LogP contribution in [0.2, 0.25) is 0 Å². The highest BCUT2D eigenvalue weighted by atomic mass is 16.1. The van der Waals surface area contributed by atoms with Crippen molar-refractivity contribution in [2.75, 3.05) is 5.32 Å². The lowest BCUT2D eigenvalue weighted by molar-refractivity contribution is 0.101. The van der Waals surface area contributed by atoms with Crippen LogP contribution in [0.5, 0.6) is 0 Å². The van der Waals surface area contributed by atoms with Gasteiger partial charge in [-0.25, -0.2) is 14.6 Å². The smallest absolute Gasteiger partial charge is 0.291 e. The molecule has 7 nitrogen and oxygen atoms in total. The van der Waals surface area contributed by atoms with E-state index in [0.717, 1.165) is 16.5 Å². The van der Waals surface area contributed by atoms with Gasteiger partial charge in [0, 0.05) is 17.5 Å². The minimum Gasteiger partial charge on any atom is -0.334 e. The second kappa shape index (κ2) is 7.63. The summed E-state index contributed by atoms with van der Waals surface area (Å²) in [6.07, 6.45) is 1.43. The maximum atomic E-state index is 13.1. The van der Waals surface area contributed by atoms with Crippen LogP contribution in [0.25, 0.3) is 22.2 Å². The molecule has 0 aliphatic carbocycles. The maximum absolute atomic E-state index is 13.1. The van der Waals surface area contributed by atoms with Crippen molar-refractivity contribution in [3.63, 3.8) is 0 Å². The molecular formula is C22H19N5O2. The normalized spacial score (nSPS) is 10.8. The van der Waals surface area contributed by atoms with E-state index in [4.69, 9.17) is 0 Å². The molecule has 4 rings (SSSR count). The monoisotopic (exact) mass is 385 g/mol. The topological polar surface area (TPSA) is 89.8 Å². The Morgan fingerprint density at radius 2 is 1.76 bits per heavy atom. The van der Waals surface area contributed by atoms with Crippen molar-refractivity contribution >= 4 is 28.2 Å². The fourth-order valence-corrected chi connectivity index (χ4v) is 3.26. The second-order valence-corrected chi connectivity index (χ2v) is 6.51. The van der Waals surface area contributed by atoms with Gasteiger partial charge in [0.1, 0.15) is 23.5 Å². The number of nitrogens with zero attached hydrogens (tertiary/aromatic N) is 4. The Hall–Kier alpha value is -3.87. The molecule has 4 aromatic rings. The molecule has 29 heavy (non-hydrogen) atoms.